The highest BCUT2D eigenvalue weighted by atomic mass is 16.5. The molecule has 2 atom stereocenters. The van der Waals surface area contributed by atoms with Gasteiger partial charge in [0.15, 0.2) is 0 Å². The lowest BCUT2D eigenvalue weighted by molar-refractivity contribution is 0.169. The number of nitrogens with zero attached hydrogens (tertiary/aromatic N) is 2. The number of methoxy groups -OCH3 is 1. The van der Waals surface area contributed by atoms with Crippen LogP contribution in [0.4, 0.5) is 0 Å². The van der Waals surface area contributed by atoms with Crippen molar-refractivity contribution in [2.45, 2.75) is 19.4 Å². The Morgan fingerprint density at radius 1 is 1.53 bits per heavy atom. The van der Waals surface area contributed by atoms with Crippen LogP contribution in [0, 0.1) is 5.92 Å². The molecule has 3 N–H and O–H groups in total. The molecule has 5 heteroatoms. The second-order valence-corrected chi connectivity index (χ2v) is 3.53. The predicted octanol–water partition coefficient (Wildman–Crippen LogP) is 0.654. The van der Waals surface area contributed by atoms with E-state index >= 15 is 0 Å². The fourth-order valence-electron chi connectivity index (χ4n) is 1.48. The Bertz CT molecular complexity index is 267. The van der Waals surface area contributed by atoms with Crippen molar-refractivity contribution in [3.63, 3.8) is 0 Å². The number of hydrogen-bond acceptors (Lipinski definition) is 5. The first-order valence-corrected chi connectivity index (χ1v) is 5.00. The van der Waals surface area contributed by atoms with E-state index < -0.39 is 0 Å². The number of rotatable bonds is 6. The Labute approximate surface area is 90.0 Å². The van der Waals surface area contributed by atoms with Crippen molar-refractivity contribution in [1.82, 2.24) is 15.4 Å². The van der Waals surface area contributed by atoms with E-state index in [9.17, 15) is 0 Å². The van der Waals surface area contributed by atoms with E-state index in [1.165, 1.54) is 0 Å². The maximum atomic E-state index is 5.52. The van der Waals surface area contributed by atoms with Gasteiger partial charge in [-0.2, -0.15) is 0 Å². The number of nitrogens with two attached hydrogens (primary N) is 1. The summed E-state index contributed by atoms with van der Waals surface area (Å²) in [5, 5.41) is 0. The zero-order valence-corrected chi connectivity index (χ0v) is 9.18. The number of aromatic nitrogens is 2. The molecule has 1 heterocycles. The summed E-state index contributed by atoms with van der Waals surface area (Å²) in [6.07, 6.45) is 5.98. The van der Waals surface area contributed by atoms with Crippen molar-refractivity contribution in [1.29, 1.82) is 0 Å². The molecule has 84 valence electrons. The first-order valence-electron chi connectivity index (χ1n) is 5.00. The van der Waals surface area contributed by atoms with Gasteiger partial charge in [0.25, 0.3) is 0 Å². The molecule has 0 radical (unpaired) electrons. The largest absolute Gasteiger partial charge is 0.385 e. The van der Waals surface area contributed by atoms with Crippen molar-refractivity contribution >= 4 is 0 Å². The quantitative estimate of drug-likeness (QED) is 0.533. The second kappa shape index (κ2) is 6.44. The Morgan fingerprint density at radius 2 is 2.33 bits per heavy atom. The van der Waals surface area contributed by atoms with Gasteiger partial charge in [-0.1, -0.05) is 6.92 Å². The first kappa shape index (κ1) is 12.0. The Hall–Kier alpha value is -1.04. The summed E-state index contributed by atoms with van der Waals surface area (Å²) in [4.78, 5) is 8.26. The molecule has 0 amide bonds. The molecule has 0 aliphatic rings. The minimum absolute atomic E-state index is 0.0221. The molecule has 0 fully saturated rings. The van der Waals surface area contributed by atoms with Crippen molar-refractivity contribution in [2.75, 3.05) is 13.7 Å². The van der Waals surface area contributed by atoms with Crippen LogP contribution in [0.5, 0.6) is 0 Å². The molecule has 1 aromatic heterocycles. The highest BCUT2D eigenvalue weighted by Crippen LogP contribution is 2.21. The molecule has 0 bridgehead atoms. The van der Waals surface area contributed by atoms with Crippen molar-refractivity contribution < 1.29 is 4.74 Å². The number of ether oxygens (including phenoxy) is 1. The highest BCUT2D eigenvalue weighted by Gasteiger charge is 2.18. The molecule has 15 heavy (non-hydrogen) atoms. The summed E-state index contributed by atoms with van der Waals surface area (Å²) < 4.78 is 5.04. The molecular formula is C10H18N4O. The van der Waals surface area contributed by atoms with Gasteiger partial charge in [-0.05, 0) is 12.3 Å². The topological polar surface area (TPSA) is 73.1 Å². The minimum Gasteiger partial charge on any atom is -0.385 e. The van der Waals surface area contributed by atoms with Gasteiger partial charge in [0.1, 0.15) is 0 Å². The third-order valence-corrected chi connectivity index (χ3v) is 2.43. The summed E-state index contributed by atoms with van der Waals surface area (Å²) in [6, 6.07) is 0.0221. The highest BCUT2D eigenvalue weighted by molar-refractivity contribution is 5.03. The maximum absolute atomic E-state index is 5.52. The van der Waals surface area contributed by atoms with E-state index in [0.29, 0.717) is 5.92 Å². The summed E-state index contributed by atoms with van der Waals surface area (Å²) in [6.45, 7) is 2.83. The van der Waals surface area contributed by atoms with Crippen molar-refractivity contribution in [2.24, 2.45) is 11.8 Å². The van der Waals surface area contributed by atoms with E-state index in [1.54, 1.807) is 25.7 Å². The van der Waals surface area contributed by atoms with Crippen molar-refractivity contribution in [3.05, 3.63) is 24.3 Å². The lowest BCUT2D eigenvalue weighted by atomic mass is 9.97. The Balaban J connectivity index is 2.63. The SMILES string of the molecule is COCCC(C)C(NN)c1cnccn1. The van der Waals surface area contributed by atoms with E-state index in [4.69, 9.17) is 10.6 Å². The maximum Gasteiger partial charge on any atom is 0.0772 e. The molecule has 0 aliphatic heterocycles. The number of hydrazine groups is 1. The first-order chi connectivity index (χ1) is 7.29. The van der Waals surface area contributed by atoms with Gasteiger partial charge in [0.2, 0.25) is 0 Å². The van der Waals surface area contributed by atoms with Crippen molar-refractivity contribution in [3.8, 4) is 0 Å². The lowest BCUT2D eigenvalue weighted by Gasteiger charge is -2.21. The number of hydrogen-bond donors (Lipinski definition) is 2. The van der Waals surface area contributed by atoms with Crippen LogP contribution in [-0.2, 0) is 4.74 Å². The standard InChI is InChI=1S/C10H18N4O/c1-8(3-6-15-2)10(14-11)9-7-12-4-5-13-9/h4-5,7-8,10,14H,3,6,11H2,1-2H3. The third-order valence-electron chi connectivity index (χ3n) is 2.43. The van der Waals surface area contributed by atoms with Gasteiger partial charge in [-0.15, -0.1) is 0 Å². The zero-order chi connectivity index (χ0) is 11.1. The Kier molecular flexibility index (Phi) is 5.17. The minimum atomic E-state index is 0.0221. The molecule has 5 nitrogen and oxygen atoms in total. The predicted molar refractivity (Wildman–Crippen MR) is 57.8 cm³/mol. The summed E-state index contributed by atoms with van der Waals surface area (Å²) >= 11 is 0. The smallest absolute Gasteiger partial charge is 0.0772 e. The fourth-order valence-corrected chi connectivity index (χ4v) is 1.48. The molecule has 2 unspecified atom stereocenters. The third kappa shape index (κ3) is 3.54. The average Bonchev–Trinajstić information content (AvgIpc) is 2.29. The van der Waals surface area contributed by atoms with Gasteiger partial charge in [0.05, 0.1) is 17.9 Å². The van der Waals surface area contributed by atoms with Gasteiger partial charge < -0.3 is 4.74 Å². The molecular weight excluding hydrogens is 192 g/mol. The molecule has 0 aromatic carbocycles. The van der Waals surface area contributed by atoms with Crippen LogP contribution in [0.3, 0.4) is 0 Å². The van der Waals surface area contributed by atoms with Gasteiger partial charge in [-0.25, -0.2) is 0 Å². The second-order valence-electron chi connectivity index (χ2n) is 3.53. The van der Waals surface area contributed by atoms with Crippen LogP contribution >= 0.6 is 0 Å². The average molecular weight is 210 g/mol. The van der Waals surface area contributed by atoms with Gasteiger partial charge >= 0.3 is 0 Å². The van der Waals surface area contributed by atoms with Crippen LogP contribution in [-0.4, -0.2) is 23.7 Å². The van der Waals surface area contributed by atoms with Crippen LogP contribution in [0.2, 0.25) is 0 Å². The normalized spacial score (nSPS) is 14.9. The molecule has 1 aromatic rings. The molecule has 1 rings (SSSR count). The monoisotopic (exact) mass is 210 g/mol. The van der Waals surface area contributed by atoms with Crippen LogP contribution in [0.25, 0.3) is 0 Å². The summed E-state index contributed by atoms with van der Waals surface area (Å²) in [5.74, 6) is 5.87. The molecule has 0 spiro atoms. The van der Waals surface area contributed by atoms with E-state index in [1.807, 2.05) is 0 Å². The van der Waals surface area contributed by atoms with Gasteiger partial charge in [-0.3, -0.25) is 21.2 Å². The molecule has 0 saturated heterocycles. The molecule has 0 saturated carbocycles. The van der Waals surface area contributed by atoms with E-state index in [0.717, 1.165) is 18.7 Å². The summed E-state index contributed by atoms with van der Waals surface area (Å²) in [5.41, 5.74) is 3.63. The zero-order valence-electron chi connectivity index (χ0n) is 9.18. The van der Waals surface area contributed by atoms with Gasteiger partial charge in [0, 0.05) is 26.1 Å². The molecule has 0 aliphatic carbocycles. The number of nitrogens with one attached hydrogen (secondary N) is 1. The van der Waals surface area contributed by atoms with E-state index in [2.05, 4.69) is 22.3 Å². The summed E-state index contributed by atoms with van der Waals surface area (Å²) in [7, 11) is 1.69. The lowest BCUT2D eigenvalue weighted by Crippen LogP contribution is -2.33. The Morgan fingerprint density at radius 3 is 2.87 bits per heavy atom. The van der Waals surface area contributed by atoms with Crippen LogP contribution < -0.4 is 11.3 Å². The van der Waals surface area contributed by atoms with Crippen LogP contribution in [0.1, 0.15) is 25.1 Å². The van der Waals surface area contributed by atoms with E-state index in [-0.39, 0.29) is 6.04 Å². The van der Waals surface area contributed by atoms with Crippen LogP contribution in [0.15, 0.2) is 18.6 Å². The fraction of sp³-hybridized carbons (Fsp3) is 0.600.